The highest BCUT2D eigenvalue weighted by Crippen LogP contribution is 2.17. The van der Waals surface area contributed by atoms with Gasteiger partial charge in [0.05, 0.1) is 28.3 Å². The van der Waals surface area contributed by atoms with Crippen LogP contribution >= 0.6 is 0 Å². The van der Waals surface area contributed by atoms with Crippen molar-refractivity contribution in [3.05, 3.63) is 18.5 Å². The standard InChI is InChI=1S/C10H16N2O4S2/c1-2-5-17(13,14)6-7-18(15,16)10-3-4-12-8-9(10)11/h3-4,8H,2,5-7,11H2,1H3. The van der Waals surface area contributed by atoms with Crippen LogP contribution in [-0.2, 0) is 19.7 Å². The Bertz CT molecular complexity index is 609. The average molecular weight is 292 g/mol. The summed E-state index contributed by atoms with van der Waals surface area (Å²) in [5.41, 5.74) is 5.55. The molecule has 0 aliphatic rings. The van der Waals surface area contributed by atoms with Gasteiger partial charge in [-0.25, -0.2) is 16.8 Å². The first-order valence-corrected chi connectivity index (χ1v) is 8.88. The molecule has 1 rings (SSSR count). The lowest BCUT2D eigenvalue weighted by Crippen LogP contribution is -2.20. The third-order valence-corrected chi connectivity index (χ3v) is 6.22. The molecule has 0 aromatic carbocycles. The van der Waals surface area contributed by atoms with E-state index in [1.54, 1.807) is 6.92 Å². The minimum atomic E-state index is -3.69. The van der Waals surface area contributed by atoms with Crippen molar-refractivity contribution in [1.29, 1.82) is 0 Å². The fourth-order valence-corrected chi connectivity index (χ4v) is 5.06. The van der Waals surface area contributed by atoms with E-state index in [2.05, 4.69) is 4.98 Å². The van der Waals surface area contributed by atoms with Gasteiger partial charge in [-0.3, -0.25) is 4.98 Å². The van der Waals surface area contributed by atoms with Gasteiger partial charge in [0.25, 0.3) is 0 Å². The first kappa shape index (κ1) is 14.9. The van der Waals surface area contributed by atoms with E-state index in [9.17, 15) is 16.8 Å². The number of pyridine rings is 1. The van der Waals surface area contributed by atoms with E-state index in [-0.39, 0.29) is 22.1 Å². The van der Waals surface area contributed by atoms with Gasteiger partial charge in [-0.1, -0.05) is 6.92 Å². The third kappa shape index (κ3) is 3.95. The molecule has 8 heteroatoms. The van der Waals surface area contributed by atoms with Crippen molar-refractivity contribution in [3.8, 4) is 0 Å². The molecule has 0 fully saturated rings. The maximum Gasteiger partial charge on any atom is 0.181 e. The van der Waals surface area contributed by atoms with E-state index >= 15 is 0 Å². The SMILES string of the molecule is CCCS(=O)(=O)CCS(=O)(=O)c1ccncc1N. The highest BCUT2D eigenvalue weighted by molar-refractivity contribution is 7.95. The molecule has 1 aromatic rings. The van der Waals surface area contributed by atoms with Crippen molar-refractivity contribution in [1.82, 2.24) is 4.98 Å². The number of hydrogen-bond donors (Lipinski definition) is 1. The Morgan fingerprint density at radius 2 is 1.83 bits per heavy atom. The molecule has 0 spiro atoms. The van der Waals surface area contributed by atoms with Gasteiger partial charge in [0.2, 0.25) is 0 Å². The molecule has 18 heavy (non-hydrogen) atoms. The van der Waals surface area contributed by atoms with Crippen LogP contribution in [0.15, 0.2) is 23.4 Å². The monoisotopic (exact) mass is 292 g/mol. The first-order chi connectivity index (χ1) is 8.28. The van der Waals surface area contributed by atoms with Crippen molar-refractivity contribution < 1.29 is 16.8 Å². The molecule has 0 amide bonds. The molecule has 0 unspecified atom stereocenters. The second-order valence-electron chi connectivity index (χ2n) is 3.88. The van der Waals surface area contributed by atoms with Crippen LogP contribution < -0.4 is 5.73 Å². The number of aromatic nitrogens is 1. The van der Waals surface area contributed by atoms with E-state index in [1.165, 1.54) is 18.5 Å². The highest BCUT2D eigenvalue weighted by atomic mass is 32.2. The number of nitrogen functional groups attached to an aromatic ring is 1. The van der Waals surface area contributed by atoms with Crippen molar-refractivity contribution in [3.63, 3.8) is 0 Å². The number of hydrogen-bond acceptors (Lipinski definition) is 6. The molecular weight excluding hydrogens is 276 g/mol. The molecule has 0 atom stereocenters. The van der Waals surface area contributed by atoms with Crippen molar-refractivity contribution in [2.24, 2.45) is 0 Å². The summed E-state index contributed by atoms with van der Waals surface area (Å²) in [5, 5.41) is 0. The molecule has 102 valence electrons. The lowest BCUT2D eigenvalue weighted by Gasteiger charge is -2.07. The summed E-state index contributed by atoms with van der Waals surface area (Å²) in [4.78, 5) is 3.62. The number of nitrogens with two attached hydrogens (primary N) is 1. The van der Waals surface area contributed by atoms with Gasteiger partial charge in [0.15, 0.2) is 19.7 Å². The summed E-state index contributed by atoms with van der Waals surface area (Å²) in [5.74, 6) is -0.844. The van der Waals surface area contributed by atoms with Crippen LogP contribution in [0.2, 0.25) is 0 Å². The van der Waals surface area contributed by atoms with E-state index in [4.69, 9.17) is 5.73 Å². The summed E-state index contributed by atoms with van der Waals surface area (Å²) >= 11 is 0. The largest absolute Gasteiger partial charge is 0.396 e. The molecule has 0 radical (unpaired) electrons. The van der Waals surface area contributed by atoms with Gasteiger partial charge in [0, 0.05) is 11.9 Å². The van der Waals surface area contributed by atoms with Crippen LogP contribution in [0.5, 0.6) is 0 Å². The molecule has 2 N–H and O–H groups in total. The predicted molar refractivity (Wildman–Crippen MR) is 69.6 cm³/mol. The summed E-state index contributed by atoms with van der Waals surface area (Å²) in [6, 6.07) is 1.27. The van der Waals surface area contributed by atoms with Crippen LogP contribution in [0.4, 0.5) is 5.69 Å². The van der Waals surface area contributed by atoms with Crippen molar-refractivity contribution in [2.75, 3.05) is 23.0 Å². The second-order valence-corrected chi connectivity index (χ2v) is 8.27. The Hall–Kier alpha value is -1.15. The number of rotatable bonds is 6. The molecular formula is C10H16N2O4S2. The quantitative estimate of drug-likeness (QED) is 0.806. The van der Waals surface area contributed by atoms with Crippen LogP contribution in [0, 0.1) is 0 Å². The normalized spacial score (nSPS) is 12.5. The summed E-state index contributed by atoms with van der Waals surface area (Å²) in [6.07, 6.45) is 3.01. The summed E-state index contributed by atoms with van der Waals surface area (Å²) < 4.78 is 46.8. The zero-order valence-electron chi connectivity index (χ0n) is 10.0. The van der Waals surface area contributed by atoms with Gasteiger partial charge in [-0.15, -0.1) is 0 Å². The topological polar surface area (TPSA) is 107 Å². The van der Waals surface area contributed by atoms with E-state index in [1.807, 2.05) is 0 Å². The molecule has 0 saturated carbocycles. The first-order valence-electron chi connectivity index (χ1n) is 5.41. The lowest BCUT2D eigenvalue weighted by atomic mass is 10.4. The third-order valence-electron chi connectivity index (χ3n) is 2.32. The van der Waals surface area contributed by atoms with Gasteiger partial charge in [-0.05, 0) is 12.5 Å². The number of nitrogens with zero attached hydrogens (tertiary/aromatic N) is 1. The summed E-state index contributed by atoms with van der Waals surface area (Å²) in [7, 11) is -7.01. The fraction of sp³-hybridized carbons (Fsp3) is 0.500. The van der Waals surface area contributed by atoms with Gasteiger partial charge in [0.1, 0.15) is 0 Å². The maximum atomic E-state index is 11.9. The maximum absolute atomic E-state index is 11.9. The Balaban J connectivity index is 2.88. The van der Waals surface area contributed by atoms with E-state index < -0.39 is 25.4 Å². The zero-order chi connectivity index (χ0) is 13.8. The number of anilines is 1. The van der Waals surface area contributed by atoms with Crippen molar-refractivity contribution >= 4 is 25.4 Å². The van der Waals surface area contributed by atoms with Gasteiger partial charge < -0.3 is 5.73 Å². The minimum Gasteiger partial charge on any atom is -0.396 e. The molecule has 0 aliphatic heterocycles. The number of sulfone groups is 2. The molecule has 0 bridgehead atoms. The molecule has 6 nitrogen and oxygen atoms in total. The molecule has 0 saturated heterocycles. The van der Waals surface area contributed by atoms with E-state index in [0.29, 0.717) is 6.42 Å². The minimum absolute atomic E-state index is 0.00561. The van der Waals surface area contributed by atoms with Crippen LogP contribution in [0.3, 0.4) is 0 Å². The van der Waals surface area contributed by atoms with Gasteiger partial charge >= 0.3 is 0 Å². The van der Waals surface area contributed by atoms with Crippen LogP contribution in [0.25, 0.3) is 0 Å². The Labute approximate surface area is 107 Å². The molecule has 1 heterocycles. The van der Waals surface area contributed by atoms with Gasteiger partial charge in [-0.2, -0.15) is 0 Å². The smallest absolute Gasteiger partial charge is 0.181 e. The summed E-state index contributed by atoms with van der Waals surface area (Å²) in [6.45, 7) is 1.73. The van der Waals surface area contributed by atoms with Crippen molar-refractivity contribution in [2.45, 2.75) is 18.2 Å². The second kappa shape index (κ2) is 5.66. The zero-order valence-corrected chi connectivity index (χ0v) is 11.7. The molecule has 1 aromatic heterocycles. The van der Waals surface area contributed by atoms with E-state index in [0.717, 1.165) is 0 Å². The lowest BCUT2D eigenvalue weighted by molar-refractivity contribution is 0.587. The van der Waals surface area contributed by atoms with Crippen LogP contribution in [0.1, 0.15) is 13.3 Å². The Morgan fingerprint density at radius 3 is 2.39 bits per heavy atom. The Morgan fingerprint density at radius 1 is 1.17 bits per heavy atom. The fourth-order valence-electron chi connectivity index (χ4n) is 1.44. The Kier molecular flexibility index (Phi) is 4.69. The average Bonchev–Trinajstić information content (AvgIpc) is 2.27. The molecule has 0 aliphatic carbocycles. The highest BCUT2D eigenvalue weighted by Gasteiger charge is 2.21. The predicted octanol–water partition coefficient (Wildman–Crippen LogP) is 0.262. The van der Waals surface area contributed by atoms with Crippen LogP contribution in [-0.4, -0.2) is 39.1 Å².